The number of aliphatic hydroxyl groups is 1. The number of piperazine rings is 1. The number of aliphatic hydroxyl groups excluding tert-OH is 1. The SMILES string of the molecule is CC(C(=O)NC1CCCC1)N1CCN(Cc2ccc(CO)cc2)CC1. The van der Waals surface area contributed by atoms with Gasteiger partial charge >= 0.3 is 0 Å². The first-order valence-electron chi connectivity index (χ1n) is 9.61. The van der Waals surface area contributed by atoms with E-state index >= 15 is 0 Å². The van der Waals surface area contributed by atoms with Gasteiger partial charge in [0.25, 0.3) is 0 Å². The molecule has 1 aromatic carbocycles. The zero-order valence-electron chi connectivity index (χ0n) is 15.3. The predicted molar refractivity (Wildman–Crippen MR) is 99.1 cm³/mol. The molecule has 5 heteroatoms. The first-order valence-corrected chi connectivity index (χ1v) is 9.61. The largest absolute Gasteiger partial charge is 0.392 e. The van der Waals surface area contributed by atoms with Crippen LogP contribution in [0.3, 0.4) is 0 Å². The van der Waals surface area contributed by atoms with Crippen LogP contribution >= 0.6 is 0 Å². The van der Waals surface area contributed by atoms with Crippen molar-refractivity contribution in [3.8, 4) is 0 Å². The topological polar surface area (TPSA) is 55.8 Å². The number of carbonyl (C=O) groups excluding carboxylic acids is 1. The van der Waals surface area contributed by atoms with Gasteiger partial charge in [-0.25, -0.2) is 0 Å². The highest BCUT2D eigenvalue weighted by molar-refractivity contribution is 5.81. The van der Waals surface area contributed by atoms with Crippen molar-refractivity contribution in [1.82, 2.24) is 15.1 Å². The van der Waals surface area contributed by atoms with Crippen LogP contribution in [0.4, 0.5) is 0 Å². The summed E-state index contributed by atoms with van der Waals surface area (Å²) in [5.74, 6) is 0.194. The van der Waals surface area contributed by atoms with Crippen LogP contribution in [0.2, 0.25) is 0 Å². The van der Waals surface area contributed by atoms with Crippen LogP contribution in [0.25, 0.3) is 0 Å². The van der Waals surface area contributed by atoms with Crippen molar-refractivity contribution in [3.05, 3.63) is 35.4 Å². The fraction of sp³-hybridized carbons (Fsp3) is 0.650. The molecule has 1 aromatic rings. The number of amides is 1. The average Bonchev–Trinajstić information content (AvgIpc) is 3.15. The second-order valence-electron chi connectivity index (χ2n) is 7.45. The summed E-state index contributed by atoms with van der Waals surface area (Å²) in [5.41, 5.74) is 2.23. The lowest BCUT2D eigenvalue weighted by atomic mass is 10.1. The first-order chi connectivity index (χ1) is 12.2. The Morgan fingerprint density at radius 1 is 1.12 bits per heavy atom. The summed E-state index contributed by atoms with van der Waals surface area (Å²) >= 11 is 0. The molecule has 1 amide bonds. The Bertz CT molecular complexity index is 547. The van der Waals surface area contributed by atoms with E-state index in [4.69, 9.17) is 5.11 Å². The van der Waals surface area contributed by atoms with Crippen molar-refractivity contribution in [3.63, 3.8) is 0 Å². The highest BCUT2D eigenvalue weighted by Crippen LogP contribution is 2.18. The third-order valence-electron chi connectivity index (χ3n) is 5.65. The van der Waals surface area contributed by atoms with Gasteiger partial charge in [-0.2, -0.15) is 0 Å². The molecule has 2 aliphatic rings. The molecule has 1 saturated heterocycles. The monoisotopic (exact) mass is 345 g/mol. The van der Waals surface area contributed by atoms with Gasteiger partial charge < -0.3 is 10.4 Å². The molecular weight excluding hydrogens is 314 g/mol. The molecule has 0 spiro atoms. The molecule has 138 valence electrons. The van der Waals surface area contributed by atoms with Crippen LogP contribution in [0, 0.1) is 0 Å². The van der Waals surface area contributed by atoms with Crippen LogP contribution < -0.4 is 5.32 Å². The third kappa shape index (κ3) is 5.03. The van der Waals surface area contributed by atoms with Gasteiger partial charge in [0.1, 0.15) is 0 Å². The fourth-order valence-corrected chi connectivity index (χ4v) is 3.87. The molecule has 1 heterocycles. The molecule has 1 unspecified atom stereocenters. The molecule has 0 bridgehead atoms. The summed E-state index contributed by atoms with van der Waals surface area (Å²) in [5, 5.41) is 12.3. The number of carbonyl (C=O) groups is 1. The van der Waals surface area contributed by atoms with Crippen LogP contribution in [-0.2, 0) is 17.9 Å². The lowest BCUT2D eigenvalue weighted by Crippen LogP contribution is -2.54. The van der Waals surface area contributed by atoms with Gasteiger partial charge in [0.15, 0.2) is 0 Å². The summed E-state index contributed by atoms with van der Waals surface area (Å²) in [4.78, 5) is 17.2. The van der Waals surface area contributed by atoms with Gasteiger partial charge in [-0.1, -0.05) is 37.1 Å². The van der Waals surface area contributed by atoms with Gasteiger partial charge in [0, 0.05) is 38.8 Å². The highest BCUT2D eigenvalue weighted by Gasteiger charge is 2.27. The number of rotatable bonds is 6. The van der Waals surface area contributed by atoms with Crippen LogP contribution in [-0.4, -0.2) is 59.1 Å². The van der Waals surface area contributed by atoms with Gasteiger partial charge in [-0.3, -0.25) is 14.6 Å². The van der Waals surface area contributed by atoms with Crippen molar-refractivity contribution in [2.75, 3.05) is 26.2 Å². The van der Waals surface area contributed by atoms with Gasteiger partial charge in [0.2, 0.25) is 5.91 Å². The number of nitrogens with one attached hydrogen (secondary N) is 1. The molecule has 3 rings (SSSR count). The molecule has 1 aliphatic heterocycles. The predicted octanol–water partition coefficient (Wildman–Crippen LogP) is 1.74. The van der Waals surface area contributed by atoms with E-state index in [2.05, 4.69) is 27.2 Å². The second-order valence-corrected chi connectivity index (χ2v) is 7.45. The van der Waals surface area contributed by atoms with Gasteiger partial charge in [-0.15, -0.1) is 0 Å². The Labute approximate surface area is 151 Å². The Morgan fingerprint density at radius 3 is 2.32 bits per heavy atom. The molecule has 2 fully saturated rings. The average molecular weight is 345 g/mol. The van der Waals surface area contributed by atoms with Crippen LogP contribution in [0.15, 0.2) is 24.3 Å². The van der Waals surface area contributed by atoms with E-state index in [0.29, 0.717) is 6.04 Å². The third-order valence-corrected chi connectivity index (χ3v) is 5.65. The van der Waals surface area contributed by atoms with Crippen molar-refractivity contribution in [2.45, 2.75) is 57.8 Å². The number of benzene rings is 1. The maximum Gasteiger partial charge on any atom is 0.237 e. The standard InChI is InChI=1S/C20H31N3O2/c1-16(20(25)21-19-4-2-3-5-19)23-12-10-22(11-13-23)14-17-6-8-18(15-24)9-7-17/h6-9,16,19,24H,2-5,10-15H2,1H3,(H,21,25). The summed E-state index contributed by atoms with van der Waals surface area (Å²) in [6.45, 7) is 6.92. The lowest BCUT2D eigenvalue weighted by molar-refractivity contribution is -0.127. The second kappa shape index (κ2) is 8.79. The smallest absolute Gasteiger partial charge is 0.237 e. The maximum atomic E-state index is 12.4. The van der Waals surface area contributed by atoms with E-state index in [0.717, 1.165) is 51.1 Å². The number of hydrogen-bond donors (Lipinski definition) is 2. The van der Waals surface area contributed by atoms with Gasteiger partial charge in [-0.05, 0) is 30.9 Å². The van der Waals surface area contributed by atoms with Crippen molar-refractivity contribution in [2.24, 2.45) is 0 Å². The lowest BCUT2D eigenvalue weighted by Gasteiger charge is -2.37. The van der Waals surface area contributed by atoms with E-state index in [-0.39, 0.29) is 18.6 Å². The van der Waals surface area contributed by atoms with Crippen LogP contribution in [0.5, 0.6) is 0 Å². The Balaban J connectivity index is 1.43. The van der Waals surface area contributed by atoms with Crippen molar-refractivity contribution >= 4 is 5.91 Å². The number of nitrogens with zero attached hydrogens (tertiary/aromatic N) is 2. The fourth-order valence-electron chi connectivity index (χ4n) is 3.87. The van der Waals surface area contributed by atoms with Crippen molar-refractivity contribution in [1.29, 1.82) is 0 Å². The Hall–Kier alpha value is -1.43. The molecule has 1 atom stereocenters. The van der Waals surface area contributed by atoms with Gasteiger partial charge in [0.05, 0.1) is 12.6 Å². The molecule has 0 radical (unpaired) electrons. The Kier molecular flexibility index (Phi) is 6.45. The van der Waals surface area contributed by atoms with Crippen molar-refractivity contribution < 1.29 is 9.90 Å². The minimum Gasteiger partial charge on any atom is -0.392 e. The molecule has 5 nitrogen and oxygen atoms in total. The van der Waals surface area contributed by atoms with E-state index < -0.39 is 0 Å². The van der Waals surface area contributed by atoms with E-state index in [9.17, 15) is 4.79 Å². The Morgan fingerprint density at radius 2 is 1.72 bits per heavy atom. The highest BCUT2D eigenvalue weighted by atomic mass is 16.3. The molecule has 25 heavy (non-hydrogen) atoms. The summed E-state index contributed by atoms with van der Waals surface area (Å²) < 4.78 is 0. The van der Waals surface area contributed by atoms with E-state index in [1.54, 1.807) is 0 Å². The quantitative estimate of drug-likeness (QED) is 0.825. The molecular formula is C20H31N3O2. The zero-order chi connectivity index (χ0) is 17.6. The minimum atomic E-state index is -0.0356. The van der Waals surface area contributed by atoms with E-state index in [1.807, 2.05) is 19.1 Å². The molecule has 1 saturated carbocycles. The van der Waals surface area contributed by atoms with Crippen LogP contribution in [0.1, 0.15) is 43.7 Å². The summed E-state index contributed by atoms with van der Waals surface area (Å²) in [6, 6.07) is 8.53. The maximum absolute atomic E-state index is 12.4. The molecule has 1 aliphatic carbocycles. The normalized spacial score (nSPS) is 21.4. The minimum absolute atomic E-state index is 0.0356. The number of hydrogen-bond acceptors (Lipinski definition) is 4. The first kappa shape index (κ1) is 18.4. The molecule has 2 N–H and O–H groups in total. The zero-order valence-corrected chi connectivity index (χ0v) is 15.3. The van der Waals surface area contributed by atoms with E-state index in [1.165, 1.54) is 18.4 Å². The summed E-state index contributed by atoms with van der Waals surface area (Å²) in [6.07, 6.45) is 4.77. The molecule has 0 aromatic heterocycles. The summed E-state index contributed by atoms with van der Waals surface area (Å²) in [7, 11) is 0.